The molecule has 4 aromatic rings. The van der Waals surface area contributed by atoms with Gasteiger partial charge in [-0.3, -0.25) is 4.79 Å². The van der Waals surface area contributed by atoms with E-state index in [0.717, 1.165) is 5.56 Å². The Kier molecular flexibility index (Phi) is 4.38. The second kappa shape index (κ2) is 6.99. The van der Waals surface area contributed by atoms with Gasteiger partial charge in [0.05, 0.1) is 11.8 Å². The number of aromatic nitrogens is 2. The Bertz CT molecular complexity index is 1120. The lowest BCUT2D eigenvalue weighted by Gasteiger charge is -2.02. The van der Waals surface area contributed by atoms with Crippen molar-refractivity contribution in [2.75, 3.05) is 0 Å². The molecule has 27 heavy (non-hydrogen) atoms. The Hall–Kier alpha value is -3.54. The third-order valence-corrected chi connectivity index (χ3v) is 4.29. The van der Waals surface area contributed by atoms with Crippen LogP contribution in [0.5, 0.6) is 0 Å². The Balaban J connectivity index is 1.67. The summed E-state index contributed by atoms with van der Waals surface area (Å²) in [4.78, 5) is 15.8. The van der Waals surface area contributed by atoms with Crippen molar-refractivity contribution >= 4 is 11.4 Å². The lowest BCUT2D eigenvalue weighted by molar-refractivity contribution is -0.498. The summed E-state index contributed by atoms with van der Waals surface area (Å²) in [7, 11) is 0. The molecule has 0 spiro atoms. The van der Waals surface area contributed by atoms with Crippen molar-refractivity contribution in [1.29, 1.82) is 0 Å². The Morgan fingerprint density at radius 2 is 1.78 bits per heavy atom. The molecule has 0 radical (unpaired) electrons. The maximum absolute atomic E-state index is 13.3. The smallest absolute Gasteiger partial charge is 0.295 e. The number of amides is 1. The number of carbonyl (C=O) groups excluding carboxylic acids is 1. The molecule has 0 unspecified atom stereocenters. The van der Waals surface area contributed by atoms with E-state index in [1.165, 1.54) is 24.3 Å². The summed E-state index contributed by atoms with van der Waals surface area (Å²) in [6, 6.07) is 17.6. The van der Waals surface area contributed by atoms with Crippen LogP contribution < -0.4 is 9.72 Å². The quantitative estimate of drug-likeness (QED) is 0.534. The molecule has 0 fully saturated rings. The average molecular weight is 364 g/mol. The van der Waals surface area contributed by atoms with Crippen LogP contribution in [-0.4, -0.2) is 10.9 Å². The number of imidazole rings is 1. The fourth-order valence-corrected chi connectivity index (χ4v) is 2.99. The van der Waals surface area contributed by atoms with Crippen LogP contribution in [0.4, 0.5) is 8.78 Å². The number of H-pyrrole nitrogens is 1. The van der Waals surface area contributed by atoms with E-state index in [9.17, 15) is 13.6 Å². The molecule has 2 heterocycles. The number of nitrogens with one attached hydrogen (secondary N) is 2. The molecule has 0 atom stereocenters. The van der Waals surface area contributed by atoms with E-state index in [-0.39, 0.29) is 24.1 Å². The first-order valence-electron chi connectivity index (χ1n) is 8.43. The van der Waals surface area contributed by atoms with Crippen LogP contribution in [0.25, 0.3) is 16.9 Å². The first-order chi connectivity index (χ1) is 13.1. The van der Waals surface area contributed by atoms with Gasteiger partial charge in [-0.2, -0.15) is 4.40 Å². The second-order valence-corrected chi connectivity index (χ2v) is 6.12. The van der Waals surface area contributed by atoms with E-state index in [2.05, 4.69) is 10.3 Å². The van der Waals surface area contributed by atoms with Gasteiger partial charge in [0.1, 0.15) is 11.6 Å². The lowest BCUT2D eigenvalue weighted by atomic mass is 10.2. The molecule has 1 amide bonds. The van der Waals surface area contributed by atoms with E-state index < -0.39 is 0 Å². The Morgan fingerprint density at radius 1 is 0.963 bits per heavy atom. The maximum atomic E-state index is 13.3. The first kappa shape index (κ1) is 16.9. The molecule has 0 bridgehead atoms. The van der Waals surface area contributed by atoms with Crippen LogP contribution >= 0.6 is 0 Å². The molecule has 2 N–H and O–H groups in total. The second-order valence-electron chi connectivity index (χ2n) is 6.12. The van der Waals surface area contributed by atoms with Crippen LogP contribution in [0.15, 0.2) is 72.9 Å². The highest BCUT2D eigenvalue weighted by Gasteiger charge is 2.24. The van der Waals surface area contributed by atoms with Gasteiger partial charge in [-0.05, 0) is 54.1 Å². The zero-order chi connectivity index (χ0) is 18.8. The average Bonchev–Trinajstić information content (AvgIpc) is 3.07. The lowest BCUT2D eigenvalue weighted by Crippen LogP contribution is -2.25. The third-order valence-electron chi connectivity index (χ3n) is 4.29. The van der Waals surface area contributed by atoms with Crippen LogP contribution in [-0.2, 0) is 6.54 Å². The van der Waals surface area contributed by atoms with Gasteiger partial charge in [0, 0.05) is 6.54 Å². The first-order valence-corrected chi connectivity index (χ1v) is 8.43. The highest BCUT2D eigenvalue weighted by Crippen LogP contribution is 2.18. The van der Waals surface area contributed by atoms with Crippen LogP contribution in [0, 0.1) is 11.6 Å². The number of halogens is 2. The number of fused-ring (bicyclic) bond motifs is 1. The minimum atomic E-state index is -0.346. The minimum absolute atomic E-state index is 0.209. The third kappa shape index (κ3) is 3.42. The van der Waals surface area contributed by atoms with Gasteiger partial charge >= 0.3 is 0 Å². The van der Waals surface area contributed by atoms with Crippen LogP contribution in [0.3, 0.4) is 0 Å². The van der Waals surface area contributed by atoms with Crippen molar-refractivity contribution in [3.63, 3.8) is 0 Å². The molecule has 0 aliphatic heterocycles. The number of hydrogen-bond donors (Lipinski definition) is 2. The molecular formula is C21H16F2N3O+. The summed E-state index contributed by atoms with van der Waals surface area (Å²) in [6.45, 7) is 0.209. The monoisotopic (exact) mass is 364 g/mol. The highest BCUT2D eigenvalue weighted by molar-refractivity contribution is 5.98. The highest BCUT2D eigenvalue weighted by atomic mass is 19.1. The van der Waals surface area contributed by atoms with Crippen molar-refractivity contribution in [1.82, 2.24) is 10.3 Å². The molecular weight excluding hydrogens is 348 g/mol. The van der Waals surface area contributed by atoms with Crippen LogP contribution in [0.2, 0.25) is 0 Å². The molecule has 0 saturated heterocycles. The number of rotatable bonds is 4. The fraction of sp³-hybridized carbons (Fsp3) is 0.0476. The normalized spacial score (nSPS) is 10.9. The van der Waals surface area contributed by atoms with E-state index in [0.29, 0.717) is 22.6 Å². The van der Waals surface area contributed by atoms with E-state index in [1.807, 2.05) is 28.8 Å². The summed E-state index contributed by atoms with van der Waals surface area (Å²) in [6.07, 6.45) is 1.83. The molecule has 2 aromatic carbocycles. The molecule has 4 rings (SSSR count). The molecule has 0 aliphatic carbocycles. The van der Waals surface area contributed by atoms with Crippen molar-refractivity contribution in [3.05, 3.63) is 95.8 Å². The van der Waals surface area contributed by atoms with Gasteiger partial charge in [-0.1, -0.05) is 18.2 Å². The molecule has 4 nitrogen and oxygen atoms in total. The van der Waals surface area contributed by atoms with Gasteiger partial charge in [-0.25, -0.2) is 13.8 Å². The fourth-order valence-electron chi connectivity index (χ4n) is 2.99. The summed E-state index contributed by atoms with van der Waals surface area (Å²) in [5.74, 6) is -0.313. The Morgan fingerprint density at radius 3 is 2.56 bits per heavy atom. The standard InChI is InChI=1S/C21H15F2N3O/c22-16-9-7-15(8-10-16)20-25-19(18-6-1-2-11-26(18)20)21(27)24-13-14-4-3-5-17(23)12-14/h1-12H,13H2,(H,24,27)/p+1. The van der Waals surface area contributed by atoms with Crippen molar-refractivity contribution in [2.24, 2.45) is 0 Å². The zero-order valence-electron chi connectivity index (χ0n) is 14.2. The molecule has 6 heteroatoms. The Labute approximate surface area is 154 Å². The number of carbonyl (C=O) groups is 1. The predicted molar refractivity (Wildman–Crippen MR) is 96.9 cm³/mol. The number of nitrogens with zero attached hydrogens (tertiary/aromatic N) is 1. The number of benzene rings is 2. The number of pyridine rings is 1. The number of aromatic amines is 1. The van der Waals surface area contributed by atoms with Crippen molar-refractivity contribution in [3.8, 4) is 11.4 Å². The van der Waals surface area contributed by atoms with E-state index >= 15 is 0 Å². The van der Waals surface area contributed by atoms with Gasteiger partial charge in [0.2, 0.25) is 5.69 Å². The van der Waals surface area contributed by atoms with Gasteiger partial charge < -0.3 is 5.32 Å². The zero-order valence-corrected chi connectivity index (χ0v) is 14.2. The molecule has 0 saturated carbocycles. The summed E-state index contributed by atoms with van der Waals surface area (Å²) < 4.78 is 28.4. The largest absolute Gasteiger partial charge is 0.345 e. The predicted octanol–water partition coefficient (Wildman–Crippen LogP) is 3.63. The molecule has 2 aromatic heterocycles. The number of hydrogen-bond acceptors (Lipinski definition) is 1. The van der Waals surface area contributed by atoms with Crippen molar-refractivity contribution in [2.45, 2.75) is 6.54 Å². The van der Waals surface area contributed by atoms with Gasteiger partial charge in [0.15, 0.2) is 5.52 Å². The SMILES string of the molecule is O=C(NCc1cccc(F)c1)c1[nH]c(-c2ccc(F)cc2)[n+]2ccccc12. The molecule has 0 aliphatic rings. The van der Waals surface area contributed by atoms with E-state index in [4.69, 9.17) is 0 Å². The molecule has 134 valence electrons. The van der Waals surface area contributed by atoms with Crippen LogP contribution in [0.1, 0.15) is 16.1 Å². The van der Waals surface area contributed by atoms with Gasteiger partial charge in [-0.15, -0.1) is 0 Å². The topological polar surface area (TPSA) is 49.0 Å². The maximum Gasteiger partial charge on any atom is 0.295 e. The summed E-state index contributed by atoms with van der Waals surface area (Å²) in [5.41, 5.74) is 2.49. The van der Waals surface area contributed by atoms with Gasteiger partial charge in [0.25, 0.3) is 11.7 Å². The van der Waals surface area contributed by atoms with Crippen molar-refractivity contribution < 1.29 is 18.0 Å². The summed E-state index contributed by atoms with van der Waals surface area (Å²) in [5, 5.41) is 2.80. The minimum Gasteiger partial charge on any atom is -0.345 e. The van der Waals surface area contributed by atoms with E-state index in [1.54, 1.807) is 24.3 Å². The summed E-state index contributed by atoms with van der Waals surface area (Å²) >= 11 is 0.